The molecule has 3 aliphatic heterocycles. The van der Waals surface area contributed by atoms with Gasteiger partial charge >= 0.3 is 62.2 Å². The number of esters is 9. The Bertz CT molecular complexity index is 3650. The fraction of sp³-hybridized carbons (Fsp3) is 0.718. The van der Waals surface area contributed by atoms with Crippen molar-refractivity contribution in [2.24, 2.45) is 0 Å². The summed E-state index contributed by atoms with van der Waals surface area (Å²) in [6.45, 7) is 16.9. The van der Waals surface area contributed by atoms with Gasteiger partial charge in [0.1, 0.15) is 62.0 Å². The van der Waals surface area contributed by atoms with Gasteiger partial charge in [-0.1, -0.05) is 12.1 Å². The summed E-state index contributed by atoms with van der Waals surface area (Å²) in [6, 6.07) is 3.58. The van der Waals surface area contributed by atoms with E-state index in [-0.39, 0.29) is 124 Å². The number of nitrogens with zero attached hydrogens (tertiary/aromatic N) is 3. The number of amides is 6. The summed E-state index contributed by atoms with van der Waals surface area (Å²) in [5.74, 6) is -10.4. The van der Waals surface area contributed by atoms with Crippen LogP contribution in [0.1, 0.15) is 123 Å². The highest BCUT2D eigenvalue weighted by molar-refractivity contribution is 7.45. The standard InChI is InChI=1S/C78H120N9O36P/c1-44(2)87(45(3)4)124(113-26-17-22-79)123-59-20-18-58(19-21-59)38-60(75(102)82-25-29-105-33-36-108-77-67(84-47(6)89)73(118-56(15)98)70(115-53(12)95)62(121-77)42-111-50(9)92)86(40-65(101)81-24-28-104-32-35-107-76-66(83-46(5)88)72(117-55(14)97)69(114-52(11)94)61(120-76)41-110-49(8)91)39-64(100)80-23-27-103-30-31-106-34-37-109-78-68(85-48(7)90)74(119-57(16)99)71(116-54(13)96)63(122-78)43-112-51(10)93/h18-21,44-45,60-63,66-74,76-78H,17,23-43H2,1-16H3,(H,80,100)(H,81,101)(H,82,102)(H,83,88)(H,84,89)(H,85,90). The molecule has 45 nitrogen and oxygen atoms in total. The van der Waals surface area contributed by atoms with Crippen LogP contribution in [-0.2, 0) is 173 Å². The van der Waals surface area contributed by atoms with Crippen LogP contribution in [0.3, 0.4) is 0 Å². The second kappa shape index (κ2) is 57.2. The molecule has 124 heavy (non-hydrogen) atoms. The van der Waals surface area contributed by atoms with E-state index in [0.717, 1.165) is 62.3 Å². The zero-order valence-electron chi connectivity index (χ0n) is 72.7. The van der Waals surface area contributed by atoms with Crippen LogP contribution < -0.4 is 36.4 Å². The Kier molecular flexibility index (Phi) is 49.2. The Morgan fingerprint density at radius 1 is 0.411 bits per heavy atom. The predicted molar refractivity (Wildman–Crippen MR) is 424 cm³/mol. The maximum atomic E-state index is 15.0. The molecule has 17 atom stereocenters. The lowest BCUT2D eigenvalue weighted by Gasteiger charge is -2.44. The third-order valence-corrected chi connectivity index (χ3v) is 19.5. The van der Waals surface area contributed by atoms with E-state index in [0.29, 0.717) is 11.3 Å². The molecular weight excluding hydrogens is 1670 g/mol. The summed E-state index contributed by atoms with van der Waals surface area (Å²) in [6.07, 6.45) is -16.2. The molecule has 6 amide bonds. The molecule has 1 aromatic rings. The predicted octanol–water partition coefficient (Wildman–Crippen LogP) is -1.01. The number of carbonyl (C=O) groups excluding carboxylic acids is 15. The van der Waals surface area contributed by atoms with Crippen molar-refractivity contribution in [1.29, 1.82) is 5.26 Å². The van der Waals surface area contributed by atoms with E-state index in [1.54, 1.807) is 24.3 Å². The fourth-order valence-corrected chi connectivity index (χ4v) is 14.4. The van der Waals surface area contributed by atoms with E-state index in [2.05, 4.69) is 38.0 Å². The van der Waals surface area contributed by atoms with Gasteiger partial charge in [0.2, 0.25) is 35.4 Å². The Hall–Kier alpha value is -9.53. The van der Waals surface area contributed by atoms with Gasteiger partial charge in [-0.15, -0.1) is 0 Å². The molecule has 0 spiro atoms. The van der Waals surface area contributed by atoms with Crippen molar-refractivity contribution in [2.75, 3.05) is 132 Å². The van der Waals surface area contributed by atoms with Crippen molar-refractivity contribution < 1.29 is 171 Å². The van der Waals surface area contributed by atoms with Gasteiger partial charge < -0.3 is 131 Å². The molecule has 6 N–H and O–H groups in total. The minimum atomic E-state index is -1.75. The first kappa shape index (κ1) is 107. The van der Waals surface area contributed by atoms with Crippen LogP contribution in [0.2, 0.25) is 0 Å². The summed E-state index contributed by atoms with van der Waals surface area (Å²) < 4.78 is 122. The molecule has 3 heterocycles. The largest absolute Gasteiger partial charge is 0.463 e. The van der Waals surface area contributed by atoms with E-state index < -0.39 is 229 Å². The quantitative estimate of drug-likeness (QED) is 0.0197. The van der Waals surface area contributed by atoms with Crippen molar-refractivity contribution in [3.63, 3.8) is 0 Å². The average Bonchev–Trinajstić information content (AvgIpc) is 0.794. The van der Waals surface area contributed by atoms with E-state index in [4.69, 9.17) is 99.0 Å². The summed E-state index contributed by atoms with van der Waals surface area (Å²) in [4.78, 5) is 192. The maximum Gasteiger partial charge on any atom is 0.321 e. The van der Waals surface area contributed by atoms with Crippen LogP contribution >= 0.6 is 8.53 Å². The number of ether oxygens (including phenoxy) is 19. The molecule has 0 bridgehead atoms. The monoisotopic (exact) mass is 1790 g/mol. The van der Waals surface area contributed by atoms with Crippen LogP contribution in [-0.4, -0.2) is 341 Å². The number of rotatable bonds is 55. The molecule has 0 saturated carbocycles. The van der Waals surface area contributed by atoms with Crippen LogP contribution in [0.15, 0.2) is 24.3 Å². The lowest BCUT2D eigenvalue weighted by atomic mass is 9.96. The molecule has 0 aliphatic carbocycles. The van der Waals surface area contributed by atoms with Crippen LogP contribution in [0.4, 0.5) is 0 Å². The molecule has 17 unspecified atom stereocenters. The molecule has 3 saturated heterocycles. The first-order valence-electron chi connectivity index (χ1n) is 40.1. The maximum absolute atomic E-state index is 15.0. The Morgan fingerprint density at radius 3 is 1.03 bits per heavy atom. The first-order valence-corrected chi connectivity index (χ1v) is 41.2. The van der Waals surface area contributed by atoms with Crippen LogP contribution in [0, 0.1) is 11.3 Å². The minimum Gasteiger partial charge on any atom is -0.463 e. The van der Waals surface area contributed by atoms with E-state index in [9.17, 15) is 77.2 Å². The summed E-state index contributed by atoms with van der Waals surface area (Å²) in [7, 11) is -1.75. The highest BCUT2D eigenvalue weighted by Crippen LogP contribution is 2.46. The van der Waals surface area contributed by atoms with Crippen molar-refractivity contribution >= 4 is 97.7 Å². The van der Waals surface area contributed by atoms with E-state index in [1.165, 1.54) is 25.7 Å². The van der Waals surface area contributed by atoms with Crippen molar-refractivity contribution in [3.05, 3.63) is 29.8 Å². The van der Waals surface area contributed by atoms with Gasteiger partial charge in [0.05, 0.1) is 111 Å². The fourth-order valence-electron chi connectivity index (χ4n) is 12.8. The van der Waals surface area contributed by atoms with E-state index in [1.807, 2.05) is 32.4 Å². The minimum absolute atomic E-state index is 0.0132. The topological polar surface area (TPSA) is 552 Å². The van der Waals surface area contributed by atoms with Gasteiger partial charge in [0, 0.05) is 115 Å². The Balaban J connectivity index is 1.60. The third-order valence-electron chi connectivity index (χ3n) is 17.4. The lowest BCUT2D eigenvalue weighted by molar-refractivity contribution is -0.279. The molecule has 46 heteroatoms. The van der Waals surface area contributed by atoms with Crippen molar-refractivity contribution in [2.45, 2.75) is 234 Å². The second-order valence-electron chi connectivity index (χ2n) is 28.6. The zero-order chi connectivity index (χ0) is 92.1. The van der Waals surface area contributed by atoms with Gasteiger partial charge in [-0.3, -0.25) is 76.8 Å². The molecule has 3 fully saturated rings. The highest BCUT2D eigenvalue weighted by atomic mass is 31.2. The average molecular weight is 1790 g/mol. The summed E-state index contributed by atoms with van der Waals surface area (Å²) in [5, 5.41) is 25.5. The Morgan fingerprint density at radius 2 is 0.726 bits per heavy atom. The Labute approximate surface area is 719 Å². The summed E-state index contributed by atoms with van der Waals surface area (Å²) in [5.41, 5.74) is 0.522. The molecule has 0 radical (unpaired) electrons. The second-order valence-corrected chi connectivity index (χ2v) is 30.0. The van der Waals surface area contributed by atoms with Crippen LogP contribution in [0.5, 0.6) is 5.75 Å². The molecule has 4 rings (SSSR count). The zero-order valence-corrected chi connectivity index (χ0v) is 73.6. The molecule has 1 aromatic carbocycles. The normalized spacial score (nSPS) is 22.7. The number of nitrogens with one attached hydrogen (secondary N) is 6. The highest BCUT2D eigenvalue weighted by Gasteiger charge is 2.55. The summed E-state index contributed by atoms with van der Waals surface area (Å²) >= 11 is 0. The van der Waals surface area contributed by atoms with Crippen molar-refractivity contribution in [3.8, 4) is 11.8 Å². The third kappa shape index (κ3) is 40.6. The van der Waals surface area contributed by atoms with E-state index >= 15 is 0 Å². The van der Waals surface area contributed by atoms with Crippen LogP contribution in [0.25, 0.3) is 0 Å². The van der Waals surface area contributed by atoms with Gasteiger partial charge in [-0.2, -0.15) is 5.26 Å². The number of carbonyl (C=O) groups is 15. The smallest absolute Gasteiger partial charge is 0.321 e. The first-order chi connectivity index (χ1) is 58.8. The SMILES string of the molecule is CC(=O)NC1C(OCCOCCNC(=O)CN(CC(=O)NCCOCCOCCOC2OC(COC(C)=O)C(OC(C)=O)C(OC(C)=O)C2NC(C)=O)C(Cc2ccc(OP(OCCC#N)N(C(C)C)C(C)C)cc2)C(=O)NCCOCCOC2OC(COC(C)=O)C(OC(C)=O)C(OC(C)=O)C2NC(C)=O)OC(COC(C)=O)C(OC(C)=O)C1OC(C)=O. The lowest BCUT2D eigenvalue weighted by Crippen LogP contribution is -2.66. The van der Waals surface area contributed by atoms with Gasteiger partial charge in [-0.25, -0.2) is 4.67 Å². The molecule has 3 aliphatic rings. The molecule has 0 aromatic heterocycles. The van der Waals surface area contributed by atoms with Crippen molar-refractivity contribution in [1.82, 2.24) is 41.5 Å². The van der Waals surface area contributed by atoms with Gasteiger partial charge in [0.25, 0.3) is 0 Å². The number of benzene rings is 1. The number of nitriles is 1. The number of hydrogen-bond acceptors (Lipinski definition) is 39. The molecular formula is C78H120N9O36P. The van der Waals surface area contributed by atoms with Gasteiger partial charge in [-0.05, 0) is 51.8 Å². The molecule has 698 valence electrons. The number of hydrogen-bond donors (Lipinski definition) is 6. The van der Waals surface area contributed by atoms with Gasteiger partial charge in [0.15, 0.2) is 55.5 Å².